The molecule has 1 aliphatic heterocycles. The number of nitrogens with zero attached hydrogens (tertiary/aromatic N) is 1. The van der Waals surface area contributed by atoms with E-state index in [1.807, 2.05) is 42.5 Å². The lowest BCUT2D eigenvalue weighted by atomic mass is 10.0. The minimum absolute atomic E-state index is 0.488. The molecule has 1 aliphatic rings. The first kappa shape index (κ1) is 28.7. The Morgan fingerprint density at radius 3 is 1.67 bits per heavy atom. The van der Waals surface area contributed by atoms with Crippen molar-refractivity contribution in [2.75, 3.05) is 13.1 Å². The second-order valence-electron chi connectivity index (χ2n) is 11.3. The van der Waals surface area contributed by atoms with Crippen LogP contribution in [0.1, 0.15) is 35.1 Å². The van der Waals surface area contributed by atoms with E-state index in [1.54, 1.807) is 0 Å². The van der Waals surface area contributed by atoms with E-state index in [0.717, 1.165) is 59.9 Å². The zero-order valence-corrected chi connectivity index (χ0v) is 24.7. The minimum atomic E-state index is 0.488. The van der Waals surface area contributed by atoms with Crippen LogP contribution in [0.3, 0.4) is 0 Å². The molecular formula is C39H40N2O2. The highest BCUT2D eigenvalue weighted by atomic mass is 16.5. The van der Waals surface area contributed by atoms with Gasteiger partial charge in [-0.25, -0.2) is 0 Å². The van der Waals surface area contributed by atoms with Gasteiger partial charge in [-0.1, -0.05) is 121 Å². The first-order valence-electron chi connectivity index (χ1n) is 15.3. The normalized spacial score (nSPS) is 14.0. The highest BCUT2D eigenvalue weighted by Gasteiger charge is 2.19. The predicted octanol–water partition coefficient (Wildman–Crippen LogP) is 8.27. The SMILES string of the molecule is c1ccc(COc2ccc(-c3ccc(CNC4CCN(Cc5ccccc5)CC4)cc3)cc2OCc2ccccc2)cc1. The third kappa shape index (κ3) is 8.35. The van der Waals surface area contributed by atoms with Gasteiger partial charge >= 0.3 is 0 Å². The van der Waals surface area contributed by atoms with Crippen LogP contribution in [0.2, 0.25) is 0 Å². The highest BCUT2D eigenvalue weighted by molar-refractivity contribution is 5.67. The molecule has 0 unspecified atom stereocenters. The zero-order valence-electron chi connectivity index (χ0n) is 24.7. The van der Waals surface area contributed by atoms with Gasteiger partial charge in [0.25, 0.3) is 0 Å². The van der Waals surface area contributed by atoms with E-state index in [1.165, 1.54) is 24.0 Å². The topological polar surface area (TPSA) is 33.7 Å². The van der Waals surface area contributed by atoms with Crippen molar-refractivity contribution < 1.29 is 9.47 Å². The Hall–Kier alpha value is -4.38. The largest absolute Gasteiger partial charge is 0.485 e. The molecule has 218 valence electrons. The summed E-state index contributed by atoms with van der Waals surface area (Å²) >= 11 is 0. The number of likely N-dealkylation sites (tertiary alicyclic amines) is 1. The van der Waals surface area contributed by atoms with E-state index in [2.05, 4.69) is 101 Å². The first-order valence-corrected chi connectivity index (χ1v) is 15.3. The van der Waals surface area contributed by atoms with Crippen LogP contribution in [0.15, 0.2) is 133 Å². The van der Waals surface area contributed by atoms with Crippen LogP contribution in [0.25, 0.3) is 11.1 Å². The third-order valence-electron chi connectivity index (χ3n) is 8.14. The van der Waals surface area contributed by atoms with Crippen LogP contribution < -0.4 is 14.8 Å². The number of ether oxygens (including phenoxy) is 2. The molecule has 0 aromatic heterocycles. The van der Waals surface area contributed by atoms with Crippen LogP contribution >= 0.6 is 0 Å². The molecule has 0 spiro atoms. The van der Waals surface area contributed by atoms with Crippen LogP contribution in [0, 0.1) is 0 Å². The van der Waals surface area contributed by atoms with Gasteiger partial charge in [0.1, 0.15) is 13.2 Å². The van der Waals surface area contributed by atoms with Crippen molar-refractivity contribution in [2.45, 2.75) is 45.2 Å². The summed E-state index contributed by atoms with van der Waals surface area (Å²) in [6.45, 7) is 5.21. The number of hydrogen-bond acceptors (Lipinski definition) is 4. The molecule has 0 atom stereocenters. The maximum Gasteiger partial charge on any atom is 0.162 e. The van der Waals surface area contributed by atoms with Crippen molar-refractivity contribution in [3.05, 3.63) is 156 Å². The Bertz CT molecular complexity index is 1530. The third-order valence-corrected chi connectivity index (χ3v) is 8.14. The highest BCUT2D eigenvalue weighted by Crippen LogP contribution is 2.34. The number of benzene rings is 5. The predicted molar refractivity (Wildman–Crippen MR) is 175 cm³/mol. The van der Waals surface area contributed by atoms with Gasteiger partial charge in [-0.2, -0.15) is 0 Å². The van der Waals surface area contributed by atoms with Gasteiger partial charge in [-0.05, 0) is 71.4 Å². The Morgan fingerprint density at radius 2 is 1.07 bits per heavy atom. The van der Waals surface area contributed by atoms with E-state index in [-0.39, 0.29) is 0 Å². The van der Waals surface area contributed by atoms with Gasteiger partial charge in [0.15, 0.2) is 11.5 Å². The lowest BCUT2D eigenvalue weighted by Gasteiger charge is -2.32. The summed E-state index contributed by atoms with van der Waals surface area (Å²) < 4.78 is 12.5. The van der Waals surface area contributed by atoms with Crippen LogP contribution in [-0.4, -0.2) is 24.0 Å². The molecule has 0 amide bonds. The molecule has 0 bridgehead atoms. The van der Waals surface area contributed by atoms with Crippen molar-refractivity contribution in [1.82, 2.24) is 10.2 Å². The maximum absolute atomic E-state index is 6.31. The molecule has 4 heteroatoms. The molecule has 1 heterocycles. The smallest absolute Gasteiger partial charge is 0.162 e. The summed E-state index contributed by atoms with van der Waals surface area (Å²) in [5.41, 5.74) is 7.23. The van der Waals surface area contributed by atoms with Crippen molar-refractivity contribution in [3.8, 4) is 22.6 Å². The van der Waals surface area contributed by atoms with Gasteiger partial charge in [0.05, 0.1) is 0 Å². The fraction of sp³-hybridized carbons (Fsp3) is 0.231. The zero-order chi connectivity index (χ0) is 29.1. The number of piperidine rings is 1. The molecular weight excluding hydrogens is 528 g/mol. The molecule has 5 aromatic carbocycles. The molecule has 4 nitrogen and oxygen atoms in total. The molecule has 43 heavy (non-hydrogen) atoms. The van der Waals surface area contributed by atoms with Crippen LogP contribution in [0.5, 0.6) is 11.5 Å². The van der Waals surface area contributed by atoms with Crippen molar-refractivity contribution >= 4 is 0 Å². The second-order valence-corrected chi connectivity index (χ2v) is 11.3. The van der Waals surface area contributed by atoms with Gasteiger partial charge < -0.3 is 14.8 Å². The standard InChI is InChI=1S/C39H40N2O2/c1-4-10-32(11-5-1)28-41-24-22-37(23-25-41)40-27-31-16-18-35(19-17-31)36-20-21-38(42-29-33-12-6-2-7-13-33)39(26-36)43-30-34-14-8-3-9-15-34/h1-21,26,37,40H,22-25,27-30H2. The Balaban J connectivity index is 1.06. The van der Waals surface area contributed by atoms with Gasteiger partial charge in [0, 0.05) is 19.1 Å². The average molecular weight is 569 g/mol. The summed E-state index contributed by atoms with van der Waals surface area (Å²) in [5.74, 6) is 1.50. The minimum Gasteiger partial charge on any atom is -0.485 e. The lowest BCUT2D eigenvalue weighted by Crippen LogP contribution is -2.41. The molecule has 1 N–H and O–H groups in total. The van der Waals surface area contributed by atoms with Gasteiger partial charge in [-0.15, -0.1) is 0 Å². The molecule has 6 rings (SSSR count). The monoisotopic (exact) mass is 568 g/mol. The van der Waals surface area contributed by atoms with Crippen molar-refractivity contribution in [1.29, 1.82) is 0 Å². The Kier molecular flexibility index (Phi) is 9.81. The van der Waals surface area contributed by atoms with E-state index >= 15 is 0 Å². The summed E-state index contributed by atoms with van der Waals surface area (Å²) in [5, 5.41) is 3.79. The fourth-order valence-electron chi connectivity index (χ4n) is 5.60. The number of hydrogen-bond donors (Lipinski definition) is 1. The maximum atomic E-state index is 6.31. The molecule has 0 saturated carbocycles. The average Bonchev–Trinajstić information content (AvgIpc) is 3.08. The van der Waals surface area contributed by atoms with Gasteiger partial charge in [-0.3, -0.25) is 4.90 Å². The van der Waals surface area contributed by atoms with E-state index < -0.39 is 0 Å². The molecule has 0 radical (unpaired) electrons. The quantitative estimate of drug-likeness (QED) is 0.164. The van der Waals surface area contributed by atoms with Crippen LogP contribution in [-0.2, 0) is 26.3 Å². The molecule has 1 fully saturated rings. The number of nitrogens with one attached hydrogen (secondary N) is 1. The summed E-state index contributed by atoms with van der Waals surface area (Å²) in [6, 6.07) is 47.0. The summed E-state index contributed by atoms with van der Waals surface area (Å²) in [6.07, 6.45) is 2.38. The molecule has 0 aliphatic carbocycles. The molecule has 5 aromatic rings. The Labute approximate surface area is 255 Å². The summed E-state index contributed by atoms with van der Waals surface area (Å²) in [4.78, 5) is 2.57. The Morgan fingerprint density at radius 1 is 0.535 bits per heavy atom. The first-order chi connectivity index (χ1) is 21.3. The second kappa shape index (κ2) is 14.7. The van der Waals surface area contributed by atoms with Crippen LogP contribution in [0.4, 0.5) is 0 Å². The molecule has 1 saturated heterocycles. The van der Waals surface area contributed by atoms with E-state index in [9.17, 15) is 0 Å². The van der Waals surface area contributed by atoms with E-state index in [0.29, 0.717) is 19.3 Å². The number of rotatable bonds is 12. The van der Waals surface area contributed by atoms with Crippen molar-refractivity contribution in [3.63, 3.8) is 0 Å². The van der Waals surface area contributed by atoms with Crippen molar-refractivity contribution in [2.24, 2.45) is 0 Å². The summed E-state index contributed by atoms with van der Waals surface area (Å²) in [7, 11) is 0. The fourth-order valence-corrected chi connectivity index (χ4v) is 5.60. The van der Waals surface area contributed by atoms with Gasteiger partial charge in [0.2, 0.25) is 0 Å². The lowest BCUT2D eigenvalue weighted by molar-refractivity contribution is 0.190. The van der Waals surface area contributed by atoms with E-state index in [4.69, 9.17) is 9.47 Å².